The van der Waals surface area contributed by atoms with Gasteiger partial charge in [-0.3, -0.25) is 0 Å². The Morgan fingerprint density at radius 1 is 1.08 bits per heavy atom. The van der Waals surface area contributed by atoms with Crippen molar-refractivity contribution < 1.29 is 0 Å². The van der Waals surface area contributed by atoms with Gasteiger partial charge in [-0.25, -0.2) is 0 Å². The summed E-state index contributed by atoms with van der Waals surface area (Å²) >= 11 is 3.43. The van der Waals surface area contributed by atoms with Crippen molar-refractivity contribution in [3.05, 3.63) is 12.2 Å². The third-order valence-electron chi connectivity index (χ3n) is 1.79. The highest BCUT2D eigenvalue weighted by Crippen LogP contribution is 2.05. The predicted octanol–water partition coefficient (Wildman–Crippen LogP) is 4.30. The fourth-order valence-corrected chi connectivity index (χ4v) is 1.45. The van der Waals surface area contributed by atoms with Crippen LogP contribution in [0.1, 0.15) is 45.4 Å². The lowest BCUT2D eigenvalue weighted by Crippen LogP contribution is -1.79. The first kappa shape index (κ1) is 12.8. The van der Waals surface area contributed by atoms with Gasteiger partial charge in [0, 0.05) is 11.8 Å². The van der Waals surface area contributed by atoms with E-state index in [0.717, 1.165) is 11.8 Å². The number of unbranched alkanes of at least 4 members (excludes halogenated alkanes) is 5. The fourth-order valence-electron chi connectivity index (χ4n) is 1.05. The molecule has 0 nitrogen and oxygen atoms in total. The Bertz CT molecular complexity index is 171. The van der Waals surface area contributed by atoms with Crippen LogP contribution in [0.2, 0.25) is 0 Å². The minimum Gasteiger partial charge on any atom is -0.0985 e. The van der Waals surface area contributed by atoms with E-state index in [1.807, 2.05) is 19.1 Å². The van der Waals surface area contributed by atoms with Crippen molar-refractivity contribution in [1.82, 2.24) is 0 Å². The molecule has 1 heteroatoms. The number of halogens is 1. The molecule has 0 radical (unpaired) electrons. The number of alkyl halides is 1. The molecule has 0 N–H and O–H groups in total. The summed E-state index contributed by atoms with van der Waals surface area (Å²) in [6.45, 7) is 1.99. The largest absolute Gasteiger partial charge is 0.0985 e. The van der Waals surface area contributed by atoms with Crippen LogP contribution >= 0.6 is 15.9 Å². The quantitative estimate of drug-likeness (QED) is 0.370. The minimum atomic E-state index is 1.05. The van der Waals surface area contributed by atoms with Gasteiger partial charge in [0.05, 0.1) is 0 Å². The maximum atomic E-state index is 3.43. The van der Waals surface area contributed by atoms with Gasteiger partial charge < -0.3 is 0 Å². The van der Waals surface area contributed by atoms with E-state index in [9.17, 15) is 0 Å². The highest BCUT2D eigenvalue weighted by atomic mass is 79.9. The van der Waals surface area contributed by atoms with Crippen molar-refractivity contribution in [1.29, 1.82) is 0 Å². The van der Waals surface area contributed by atoms with Crippen LogP contribution in [0, 0.1) is 11.8 Å². The van der Waals surface area contributed by atoms with Gasteiger partial charge in [-0.15, -0.1) is 0 Å². The van der Waals surface area contributed by atoms with Crippen LogP contribution in [0.25, 0.3) is 0 Å². The number of hydrogen-bond acceptors (Lipinski definition) is 0. The highest BCUT2D eigenvalue weighted by Gasteiger charge is 1.87. The SMILES string of the molecule is C/C=C\C#CCCCCCCCBr. The Hall–Kier alpha value is -0.220. The fraction of sp³-hybridized carbons (Fsp3) is 0.667. The molecule has 0 aliphatic heterocycles. The molecule has 0 aromatic carbocycles. The lowest BCUT2D eigenvalue weighted by atomic mass is 10.1. The third kappa shape index (κ3) is 11.8. The van der Waals surface area contributed by atoms with E-state index in [2.05, 4.69) is 27.8 Å². The van der Waals surface area contributed by atoms with E-state index in [4.69, 9.17) is 0 Å². The average Bonchev–Trinajstić information content (AvgIpc) is 2.16. The zero-order valence-corrected chi connectivity index (χ0v) is 10.1. The Labute approximate surface area is 90.9 Å². The molecule has 0 aliphatic rings. The van der Waals surface area contributed by atoms with Crippen LogP contribution in [-0.2, 0) is 0 Å². The van der Waals surface area contributed by atoms with Crippen LogP contribution in [0.5, 0.6) is 0 Å². The Kier molecular flexibility index (Phi) is 11.6. The molecule has 13 heavy (non-hydrogen) atoms. The van der Waals surface area contributed by atoms with E-state index in [1.54, 1.807) is 0 Å². The van der Waals surface area contributed by atoms with Gasteiger partial charge >= 0.3 is 0 Å². The molecule has 0 saturated carbocycles. The first-order valence-electron chi connectivity index (χ1n) is 5.07. The van der Waals surface area contributed by atoms with Gasteiger partial charge in [-0.2, -0.15) is 0 Å². The van der Waals surface area contributed by atoms with E-state index >= 15 is 0 Å². The number of allylic oxidation sites excluding steroid dienone is 2. The van der Waals surface area contributed by atoms with Crippen molar-refractivity contribution in [3.8, 4) is 11.8 Å². The van der Waals surface area contributed by atoms with Crippen molar-refractivity contribution in [2.45, 2.75) is 45.4 Å². The van der Waals surface area contributed by atoms with Crippen LogP contribution < -0.4 is 0 Å². The van der Waals surface area contributed by atoms with Crippen LogP contribution in [0.15, 0.2) is 12.2 Å². The zero-order chi connectivity index (χ0) is 9.78. The Morgan fingerprint density at radius 2 is 1.77 bits per heavy atom. The molecular formula is C12H19Br. The summed E-state index contributed by atoms with van der Waals surface area (Å²) in [6, 6.07) is 0. The molecule has 0 amide bonds. The number of hydrogen-bond donors (Lipinski definition) is 0. The summed E-state index contributed by atoms with van der Waals surface area (Å²) in [6.07, 6.45) is 11.5. The molecule has 0 spiro atoms. The van der Waals surface area contributed by atoms with Crippen molar-refractivity contribution in [2.24, 2.45) is 0 Å². The third-order valence-corrected chi connectivity index (χ3v) is 2.35. The molecule has 0 bridgehead atoms. The molecule has 0 unspecified atom stereocenters. The van der Waals surface area contributed by atoms with Gasteiger partial charge in [-0.1, -0.05) is 53.1 Å². The standard InChI is InChI=1S/C12H19Br/c1-2-3-4-5-6-7-8-9-10-11-12-13/h2-3H,6-12H2,1H3/b3-2-. The minimum absolute atomic E-state index is 1.05. The first-order valence-corrected chi connectivity index (χ1v) is 6.19. The van der Waals surface area contributed by atoms with Gasteiger partial charge in [-0.05, 0) is 25.8 Å². The summed E-state index contributed by atoms with van der Waals surface area (Å²) in [5, 5.41) is 1.15. The van der Waals surface area contributed by atoms with Crippen LogP contribution in [-0.4, -0.2) is 5.33 Å². The van der Waals surface area contributed by atoms with Gasteiger partial charge in [0.1, 0.15) is 0 Å². The molecule has 0 atom stereocenters. The predicted molar refractivity (Wildman–Crippen MR) is 64.1 cm³/mol. The smallest absolute Gasteiger partial charge is 0.00922 e. The number of rotatable bonds is 6. The van der Waals surface area contributed by atoms with Gasteiger partial charge in [0.25, 0.3) is 0 Å². The summed E-state index contributed by atoms with van der Waals surface area (Å²) in [5.74, 6) is 6.13. The normalized spacial score (nSPS) is 10.0. The van der Waals surface area contributed by atoms with E-state index in [0.29, 0.717) is 0 Å². The van der Waals surface area contributed by atoms with E-state index in [1.165, 1.54) is 32.1 Å². The second-order valence-corrected chi connectivity index (χ2v) is 3.82. The topological polar surface area (TPSA) is 0 Å². The molecule has 0 saturated heterocycles. The molecule has 0 aromatic heterocycles. The maximum Gasteiger partial charge on any atom is 0.00922 e. The van der Waals surface area contributed by atoms with Crippen molar-refractivity contribution in [2.75, 3.05) is 5.33 Å². The molecular weight excluding hydrogens is 224 g/mol. The first-order chi connectivity index (χ1) is 6.41. The van der Waals surface area contributed by atoms with Gasteiger partial charge in [0.15, 0.2) is 0 Å². The summed E-state index contributed by atoms with van der Waals surface area (Å²) in [7, 11) is 0. The Morgan fingerprint density at radius 3 is 2.46 bits per heavy atom. The molecule has 74 valence electrons. The summed E-state index contributed by atoms with van der Waals surface area (Å²) in [4.78, 5) is 0. The van der Waals surface area contributed by atoms with Crippen LogP contribution in [0.4, 0.5) is 0 Å². The Balaban J connectivity index is 3.04. The molecule has 0 aromatic rings. The lowest BCUT2D eigenvalue weighted by molar-refractivity contribution is 0.645. The monoisotopic (exact) mass is 242 g/mol. The van der Waals surface area contributed by atoms with Gasteiger partial charge in [0.2, 0.25) is 0 Å². The van der Waals surface area contributed by atoms with Crippen molar-refractivity contribution >= 4 is 15.9 Å². The lowest BCUT2D eigenvalue weighted by Gasteiger charge is -1.95. The van der Waals surface area contributed by atoms with E-state index < -0.39 is 0 Å². The zero-order valence-electron chi connectivity index (χ0n) is 8.48. The molecule has 0 aliphatic carbocycles. The molecule has 0 fully saturated rings. The average molecular weight is 243 g/mol. The molecule has 0 heterocycles. The molecule has 0 rings (SSSR count). The van der Waals surface area contributed by atoms with Crippen LogP contribution in [0.3, 0.4) is 0 Å². The van der Waals surface area contributed by atoms with E-state index in [-0.39, 0.29) is 0 Å². The van der Waals surface area contributed by atoms with Crippen molar-refractivity contribution in [3.63, 3.8) is 0 Å². The second-order valence-electron chi connectivity index (χ2n) is 3.03. The highest BCUT2D eigenvalue weighted by molar-refractivity contribution is 9.09. The second kappa shape index (κ2) is 11.8. The summed E-state index contributed by atoms with van der Waals surface area (Å²) < 4.78 is 0. The maximum absolute atomic E-state index is 3.43. The summed E-state index contributed by atoms with van der Waals surface area (Å²) in [5.41, 5.74) is 0.